The van der Waals surface area contributed by atoms with Gasteiger partial charge in [-0.1, -0.05) is 45.1 Å². The number of aromatic nitrogens is 2. The Morgan fingerprint density at radius 1 is 1.08 bits per heavy atom. The Morgan fingerprint density at radius 2 is 1.81 bits per heavy atom. The van der Waals surface area contributed by atoms with Gasteiger partial charge >= 0.3 is 0 Å². The second kappa shape index (κ2) is 11.2. The molecular formula is C29H32N4O3. The van der Waals surface area contributed by atoms with Gasteiger partial charge < -0.3 is 10.1 Å². The van der Waals surface area contributed by atoms with Crippen molar-refractivity contribution in [3.8, 4) is 5.88 Å². The van der Waals surface area contributed by atoms with Crippen LogP contribution < -0.4 is 10.1 Å². The van der Waals surface area contributed by atoms with Crippen molar-refractivity contribution in [2.75, 3.05) is 19.0 Å². The summed E-state index contributed by atoms with van der Waals surface area (Å²) in [5.41, 5.74) is 2.81. The van der Waals surface area contributed by atoms with E-state index < -0.39 is 0 Å². The van der Waals surface area contributed by atoms with Crippen LogP contribution in [0.15, 0.2) is 66.5 Å². The SMILES string of the molecule is CC.COc1nccc2cc(CC(C)CN3C(=O)c4ccccc4C3=O)nc(NC3=CCCC=C3)c12. The van der Waals surface area contributed by atoms with Crippen molar-refractivity contribution in [2.45, 2.75) is 40.0 Å². The highest BCUT2D eigenvalue weighted by molar-refractivity contribution is 6.21. The highest BCUT2D eigenvalue weighted by Gasteiger charge is 2.35. The first-order valence-electron chi connectivity index (χ1n) is 12.5. The Balaban J connectivity index is 0.00000148. The van der Waals surface area contributed by atoms with Crippen molar-refractivity contribution in [3.05, 3.63) is 83.3 Å². The lowest BCUT2D eigenvalue weighted by Crippen LogP contribution is -2.34. The average molecular weight is 485 g/mol. The van der Waals surface area contributed by atoms with Gasteiger partial charge in [0.15, 0.2) is 0 Å². The number of anilines is 1. The van der Waals surface area contributed by atoms with E-state index in [1.54, 1.807) is 37.6 Å². The predicted molar refractivity (Wildman–Crippen MR) is 142 cm³/mol. The molecular weight excluding hydrogens is 452 g/mol. The molecule has 3 aromatic rings. The number of benzene rings is 1. The number of fused-ring (bicyclic) bond motifs is 2. The molecule has 1 aliphatic carbocycles. The number of pyridine rings is 2. The lowest BCUT2D eigenvalue weighted by atomic mass is 10.0. The minimum Gasteiger partial charge on any atom is -0.480 e. The van der Waals surface area contributed by atoms with Gasteiger partial charge in [0, 0.05) is 24.1 Å². The van der Waals surface area contributed by atoms with Crippen LogP contribution in [0, 0.1) is 5.92 Å². The summed E-state index contributed by atoms with van der Waals surface area (Å²) in [4.78, 5) is 36.1. The number of nitrogens with zero attached hydrogens (tertiary/aromatic N) is 3. The van der Waals surface area contributed by atoms with E-state index in [0.717, 1.165) is 35.0 Å². The fourth-order valence-electron chi connectivity index (χ4n) is 4.56. The predicted octanol–water partition coefficient (Wildman–Crippen LogP) is 5.79. The van der Waals surface area contributed by atoms with Crippen molar-refractivity contribution in [1.82, 2.24) is 14.9 Å². The summed E-state index contributed by atoms with van der Waals surface area (Å²) in [6.07, 6.45) is 10.7. The molecule has 1 unspecified atom stereocenters. The second-order valence-electron chi connectivity index (χ2n) is 8.72. The zero-order chi connectivity index (χ0) is 25.7. The summed E-state index contributed by atoms with van der Waals surface area (Å²) >= 11 is 0. The molecule has 2 amide bonds. The quantitative estimate of drug-likeness (QED) is 0.428. The van der Waals surface area contributed by atoms with Crippen molar-refractivity contribution in [2.24, 2.45) is 5.92 Å². The maximum absolute atomic E-state index is 12.8. The van der Waals surface area contributed by atoms with E-state index in [1.807, 2.05) is 32.9 Å². The Labute approximate surface area is 211 Å². The molecule has 1 atom stereocenters. The standard InChI is InChI=1S/C27H26N4O3.C2H6/c1-17(16-31-26(32)21-10-6-7-11-22(21)27(31)33)14-20-15-18-12-13-28-25(34-2)23(18)24(30-20)29-19-8-4-3-5-9-19;1-2/h4,6-13,15,17H,3,5,14,16H2,1-2H3,(H,29,30);1-2H3. The first kappa shape index (κ1) is 25.1. The number of carbonyl (C=O) groups excluding carboxylic acids is 2. The Morgan fingerprint density at radius 3 is 2.44 bits per heavy atom. The Hall–Kier alpha value is -4.00. The van der Waals surface area contributed by atoms with Crippen LogP contribution >= 0.6 is 0 Å². The molecule has 2 aliphatic rings. The summed E-state index contributed by atoms with van der Waals surface area (Å²) in [6, 6.07) is 10.9. The van der Waals surface area contributed by atoms with Crippen LogP contribution in [0.1, 0.15) is 60.0 Å². The second-order valence-corrected chi connectivity index (χ2v) is 8.72. The maximum Gasteiger partial charge on any atom is 0.261 e. The van der Waals surface area contributed by atoms with Crippen LogP contribution in [-0.4, -0.2) is 40.3 Å². The normalized spacial score (nSPS) is 15.2. The van der Waals surface area contributed by atoms with Crippen LogP contribution in [0.4, 0.5) is 5.82 Å². The Kier molecular flexibility index (Phi) is 7.78. The molecule has 0 radical (unpaired) electrons. The molecule has 5 rings (SSSR count). The maximum atomic E-state index is 12.8. The van der Waals surface area contributed by atoms with Gasteiger partial charge in [-0.15, -0.1) is 0 Å². The van der Waals surface area contributed by atoms with E-state index >= 15 is 0 Å². The minimum absolute atomic E-state index is 0.0255. The number of imide groups is 1. The molecule has 186 valence electrons. The largest absolute Gasteiger partial charge is 0.480 e. The van der Waals surface area contributed by atoms with Crippen LogP contribution in [0.5, 0.6) is 5.88 Å². The van der Waals surface area contributed by atoms with Crippen LogP contribution in [0.2, 0.25) is 0 Å². The van der Waals surface area contributed by atoms with E-state index in [-0.39, 0.29) is 17.7 Å². The van der Waals surface area contributed by atoms with Crippen LogP contribution in [-0.2, 0) is 6.42 Å². The first-order valence-corrected chi connectivity index (χ1v) is 12.5. The lowest BCUT2D eigenvalue weighted by Gasteiger charge is -2.20. The zero-order valence-corrected chi connectivity index (χ0v) is 21.2. The van der Waals surface area contributed by atoms with Gasteiger partial charge in [-0.3, -0.25) is 14.5 Å². The lowest BCUT2D eigenvalue weighted by molar-refractivity contribution is 0.0632. The molecule has 0 spiro atoms. The molecule has 1 aliphatic heterocycles. The van der Waals surface area contributed by atoms with E-state index in [9.17, 15) is 9.59 Å². The summed E-state index contributed by atoms with van der Waals surface area (Å²) in [5.74, 6) is 0.764. The number of ether oxygens (including phenoxy) is 1. The molecule has 2 aromatic heterocycles. The third-order valence-corrected chi connectivity index (χ3v) is 6.14. The number of amides is 2. The topological polar surface area (TPSA) is 84.4 Å². The van der Waals surface area contributed by atoms with Crippen molar-refractivity contribution in [3.63, 3.8) is 0 Å². The van der Waals surface area contributed by atoms with Gasteiger partial charge in [0.25, 0.3) is 11.8 Å². The molecule has 0 fully saturated rings. The number of hydrogen-bond acceptors (Lipinski definition) is 6. The third-order valence-electron chi connectivity index (χ3n) is 6.14. The fourth-order valence-corrected chi connectivity index (χ4v) is 4.56. The molecule has 1 N–H and O–H groups in total. The fraction of sp³-hybridized carbons (Fsp3) is 0.310. The van der Waals surface area contributed by atoms with E-state index in [1.165, 1.54) is 4.90 Å². The third kappa shape index (κ3) is 5.00. The zero-order valence-electron chi connectivity index (χ0n) is 21.2. The van der Waals surface area contributed by atoms with E-state index in [2.05, 4.69) is 28.5 Å². The molecule has 1 aromatic carbocycles. The van der Waals surface area contributed by atoms with Gasteiger partial charge in [-0.05, 0) is 60.9 Å². The number of methoxy groups -OCH3 is 1. The average Bonchev–Trinajstić information content (AvgIpc) is 3.15. The summed E-state index contributed by atoms with van der Waals surface area (Å²) in [5, 5.41) is 5.22. The van der Waals surface area contributed by atoms with Crippen molar-refractivity contribution < 1.29 is 14.3 Å². The molecule has 7 heteroatoms. The smallest absolute Gasteiger partial charge is 0.261 e. The molecule has 7 nitrogen and oxygen atoms in total. The van der Waals surface area contributed by atoms with Crippen LogP contribution in [0.3, 0.4) is 0 Å². The monoisotopic (exact) mass is 484 g/mol. The number of nitrogens with one attached hydrogen (secondary N) is 1. The summed E-state index contributed by atoms with van der Waals surface area (Å²) in [7, 11) is 1.60. The Bertz CT molecular complexity index is 1310. The molecule has 0 saturated carbocycles. The molecule has 0 saturated heterocycles. The number of allylic oxidation sites excluding steroid dienone is 3. The number of rotatable bonds is 7. The first-order chi connectivity index (χ1) is 17.5. The van der Waals surface area contributed by atoms with Crippen LogP contribution in [0.25, 0.3) is 10.8 Å². The van der Waals surface area contributed by atoms with Crippen molar-refractivity contribution >= 4 is 28.4 Å². The minimum atomic E-state index is -0.229. The highest BCUT2D eigenvalue weighted by atomic mass is 16.5. The van der Waals surface area contributed by atoms with Gasteiger partial charge in [-0.25, -0.2) is 9.97 Å². The highest BCUT2D eigenvalue weighted by Crippen LogP contribution is 2.32. The summed E-state index contributed by atoms with van der Waals surface area (Å²) < 4.78 is 5.51. The van der Waals surface area contributed by atoms with Crippen molar-refractivity contribution in [1.29, 1.82) is 0 Å². The number of hydrogen-bond donors (Lipinski definition) is 1. The molecule has 0 bridgehead atoms. The van der Waals surface area contributed by atoms with Gasteiger partial charge in [0.2, 0.25) is 5.88 Å². The van der Waals surface area contributed by atoms with Gasteiger partial charge in [0.1, 0.15) is 5.82 Å². The molecule has 3 heterocycles. The van der Waals surface area contributed by atoms with E-state index in [4.69, 9.17) is 9.72 Å². The van der Waals surface area contributed by atoms with Gasteiger partial charge in [0.05, 0.1) is 23.6 Å². The summed E-state index contributed by atoms with van der Waals surface area (Å²) in [6.45, 7) is 6.37. The number of carbonyl (C=O) groups is 2. The van der Waals surface area contributed by atoms with Gasteiger partial charge in [-0.2, -0.15) is 0 Å². The van der Waals surface area contributed by atoms with E-state index in [0.29, 0.717) is 35.8 Å². The molecule has 36 heavy (non-hydrogen) atoms.